The van der Waals surface area contributed by atoms with E-state index >= 15 is 0 Å². The van der Waals surface area contributed by atoms with Crippen LogP contribution in [0.4, 0.5) is 5.69 Å². The van der Waals surface area contributed by atoms with Crippen LogP contribution < -0.4 is 4.72 Å². The molecule has 2 aromatic rings. The summed E-state index contributed by atoms with van der Waals surface area (Å²) in [4.78, 5) is 14.4. The second-order valence-corrected chi connectivity index (χ2v) is 6.78. The molecule has 19 heavy (non-hydrogen) atoms. The topological polar surface area (TPSA) is 96.4 Å². The van der Waals surface area contributed by atoms with Gasteiger partial charge in [0.2, 0.25) is 0 Å². The SMILES string of the molecule is O=C(O)c1ccc(S(=O)(=O)Nc2ccnc(Cl)c2)s1. The maximum Gasteiger partial charge on any atom is 0.345 e. The van der Waals surface area contributed by atoms with Gasteiger partial charge < -0.3 is 5.11 Å². The first-order chi connectivity index (χ1) is 8.88. The zero-order valence-corrected chi connectivity index (χ0v) is 11.6. The molecular weight excluding hydrogens is 312 g/mol. The highest BCUT2D eigenvalue weighted by atomic mass is 35.5. The number of carboxylic acid groups (broad SMARTS) is 1. The minimum Gasteiger partial charge on any atom is -0.477 e. The summed E-state index contributed by atoms with van der Waals surface area (Å²) in [6, 6.07) is 5.26. The third-order valence-electron chi connectivity index (χ3n) is 2.04. The number of sulfonamides is 1. The van der Waals surface area contributed by atoms with Crippen LogP contribution in [0.2, 0.25) is 5.15 Å². The molecule has 0 bridgehead atoms. The van der Waals surface area contributed by atoms with Crippen LogP contribution in [0.1, 0.15) is 9.67 Å². The Morgan fingerprint density at radius 2 is 2.11 bits per heavy atom. The number of rotatable bonds is 4. The van der Waals surface area contributed by atoms with Crippen molar-refractivity contribution in [3.63, 3.8) is 0 Å². The molecule has 0 aliphatic rings. The van der Waals surface area contributed by atoms with Crippen molar-refractivity contribution < 1.29 is 18.3 Å². The molecule has 0 aliphatic carbocycles. The third kappa shape index (κ3) is 3.22. The van der Waals surface area contributed by atoms with Crippen LogP contribution in [-0.2, 0) is 10.0 Å². The van der Waals surface area contributed by atoms with Crippen LogP contribution in [0, 0.1) is 0 Å². The lowest BCUT2D eigenvalue weighted by Gasteiger charge is -2.05. The summed E-state index contributed by atoms with van der Waals surface area (Å²) in [6.07, 6.45) is 1.36. The van der Waals surface area contributed by atoms with E-state index in [1.807, 2.05) is 0 Å². The molecule has 6 nitrogen and oxygen atoms in total. The van der Waals surface area contributed by atoms with Gasteiger partial charge in [0.05, 0.1) is 5.69 Å². The van der Waals surface area contributed by atoms with Gasteiger partial charge in [-0.15, -0.1) is 11.3 Å². The van der Waals surface area contributed by atoms with Gasteiger partial charge in [0.15, 0.2) is 0 Å². The summed E-state index contributed by atoms with van der Waals surface area (Å²) in [6.45, 7) is 0. The monoisotopic (exact) mass is 318 g/mol. The fourth-order valence-corrected chi connectivity index (χ4v) is 3.62. The Hall–Kier alpha value is -1.64. The Balaban J connectivity index is 2.29. The first kappa shape index (κ1) is 13.8. The number of aromatic nitrogens is 1. The van der Waals surface area contributed by atoms with E-state index in [1.165, 1.54) is 30.5 Å². The number of aromatic carboxylic acids is 1. The van der Waals surface area contributed by atoms with Crippen LogP contribution >= 0.6 is 22.9 Å². The van der Waals surface area contributed by atoms with Gasteiger partial charge in [0.1, 0.15) is 14.2 Å². The first-order valence-corrected chi connectivity index (χ1v) is 7.54. The van der Waals surface area contributed by atoms with Gasteiger partial charge in [-0.3, -0.25) is 4.72 Å². The van der Waals surface area contributed by atoms with Gasteiger partial charge in [-0.2, -0.15) is 0 Å². The van der Waals surface area contributed by atoms with Gasteiger partial charge in [-0.05, 0) is 24.3 Å². The Kier molecular flexibility index (Phi) is 3.74. The molecule has 9 heteroatoms. The number of nitrogens with zero attached hydrogens (tertiary/aromatic N) is 1. The highest BCUT2D eigenvalue weighted by Gasteiger charge is 2.19. The average Bonchev–Trinajstić information content (AvgIpc) is 2.78. The quantitative estimate of drug-likeness (QED) is 0.843. The molecule has 0 saturated carbocycles. The van der Waals surface area contributed by atoms with Gasteiger partial charge in [-0.25, -0.2) is 18.2 Å². The van der Waals surface area contributed by atoms with E-state index in [-0.39, 0.29) is 19.9 Å². The summed E-state index contributed by atoms with van der Waals surface area (Å²) < 4.78 is 26.2. The maximum atomic E-state index is 12.0. The van der Waals surface area contributed by atoms with E-state index in [9.17, 15) is 13.2 Å². The molecule has 0 radical (unpaired) electrons. The highest BCUT2D eigenvalue weighted by molar-refractivity contribution is 7.94. The van der Waals surface area contributed by atoms with Crippen LogP contribution in [0.15, 0.2) is 34.7 Å². The van der Waals surface area contributed by atoms with Gasteiger partial charge in [0, 0.05) is 6.20 Å². The Labute approximate surface area is 117 Å². The molecule has 2 rings (SSSR count). The Morgan fingerprint density at radius 3 is 2.68 bits per heavy atom. The van der Waals surface area contributed by atoms with Crippen molar-refractivity contribution in [2.75, 3.05) is 4.72 Å². The van der Waals surface area contributed by atoms with E-state index in [2.05, 4.69) is 9.71 Å². The van der Waals surface area contributed by atoms with Gasteiger partial charge in [0.25, 0.3) is 10.0 Å². The van der Waals surface area contributed by atoms with Crippen LogP contribution in [-0.4, -0.2) is 24.5 Å². The first-order valence-electron chi connectivity index (χ1n) is 4.86. The van der Waals surface area contributed by atoms with E-state index in [0.29, 0.717) is 11.3 Å². The second kappa shape index (κ2) is 5.16. The largest absolute Gasteiger partial charge is 0.477 e. The molecule has 0 aliphatic heterocycles. The minimum atomic E-state index is -3.82. The molecule has 0 aromatic carbocycles. The summed E-state index contributed by atoms with van der Waals surface area (Å²) >= 11 is 6.32. The summed E-state index contributed by atoms with van der Waals surface area (Å²) in [7, 11) is -3.82. The number of hydrogen-bond acceptors (Lipinski definition) is 5. The molecular formula is C10H7ClN2O4S2. The second-order valence-electron chi connectivity index (χ2n) is 3.40. The molecule has 0 spiro atoms. The van der Waals surface area contributed by atoms with E-state index in [1.54, 1.807) is 0 Å². The van der Waals surface area contributed by atoms with Gasteiger partial charge >= 0.3 is 5.97 Å². The smallest absolute Gasteiger partial charge is 0.345 e. The van der Waals surface area contributed by atoms with E-state index in [4.69, 9.17) is 16.7 Å². The number of halogens is 1. The molecule has 100 valence electrons. The third-order valence-corrected chi connectivity index (χ3v) is 5.19. The van der Waals surface area contributed by atoms with Crippen molar-refractivity contribution >= 4 is 44.6 Å². The zero-order chi connectivity index (χ0) is 14.0. The lowest BCUT2D eigenvalue weighted by Crippen LogP contribution is -2.11. The van der Waals surface area contributed by atoms with Crippen molar-refractivity contribution in [1.29, 1.82) is 0 Å². The number of pyridine rings is 1. The summed E-state index contributed by atoms with van der Waals surface area (Å²) in [5, 5.41) is 8.91. The number of carbonyl (C=O) groups is 1. The minimum absolute atomic E-state index is 0.0480. The number of anilines is 1. The normalized spacial score (nSPS) is 11.2. The molecule has 0 atom stereocenters. The lowest BCUT2D eigenvalue weighted by atomic mass is 10.4. The number of carboxylic acids is 1. The molecule has 0 amide bonds. The fraction of sp³-hybridized carbons (Fsp3) is 0. The predicted molar refractivity (Wildman–Crippen MR) is 71.3 cm³/mol. The van der Waals surface area contributed by atoms with Crippen LogP contribution in [0.25, 0.3) is 0 Å². The Bertz CT molecular complexity index is 727. The Morgan fingerprint density at radius 1 is 1.37 bits per heavy atom. The lowest BCUT2D eigenvalue weighted by molar-refractivity contribution is 0.0702. The highest BCUT2D eigenvalue weighted by Crippen LogP contribution is 2.24. The van der Waals surface area contributed by atoms with Crippen LogP contribution in [0.5, 0.6) is 0 Å². The number of nitrogens with one attached hydrogen (secondary N) is 1. The van der Waals surface area contributed by atoms with E-state index < -0.39 is 16.0 Å². The van der Waals surface area contributed by atoms with E-state index in [0.717, 1.165) is 0 Å². The number of hydrogen-bond donors (Lipinski definition) is 2. The summed E-state index contributed by atoms with van der Waals surface area (Å²) in [5.41, 5.74) is 0.255. The fourth-order valence-electron chi connectivity index (χ4n) is 1.25. The van der Waals surface area contributed by atoms with Crippen molar-refractivity contribution in [1.82, 2.24) is 4.98 Å². The van der Waals surface area contributed by atoms with Crippen molar-refractivity contribution in [2.45, 2.75) is 4.21 Å². The predicted octanol–water partition coefficient (Wildman–Crippen LogP) is 2.30. The molecule has 0 saturated heterocycles. The standard InChI is InChI=1S/C10H7ClN2O4S2/c11-8-5-6(3-4-12-8)13-19(16,17)9-2-1-7(18-9)10(14)15/h1-5H,(H,12,13)(H,14,15). The average molecular weight is 319 g/mol. The van der Waals surface area contributed by atoms with Crippen molar-refractivity contribution in [3.8, 4) is 0 Å². The molecule has 2 N–H and O–H groups in total. The zero-order valence-electron chi connectivity index (χ0n) is 9.20. The molecule has 0 fully saturated rings. The number of thiophene rings is 1. The van der Waals surface area contributed by atoms with Crippen molar-refractivity contribution in [3.05, 3.63) is 40.5 Å². The molecule has 2 aromatic heterocycles. The van der Waals surface area contributed by atoms with Crippen LogP contribution in [0.3, 0.4) is 0 Å². The van der Waals surface area contributed by atoms with Gasteiger partial charge in [-0.1, -0.05) is 11.6 Å². The summed E-state index contributed by atoms with van der Waals surface area (Å²) in [5.74, 6) is -1.17. The molecule has 0 unspecified atom stereocenters. The van der Waals surface area contributed by atoms with Crippen molar-refractivity contribution in [2.24, 2.45) is 0 Å². The molecule has 2 heterocycles. The maximum absolute atomic E-state index is 12.0.